The first-order valence-corrected chi connectivity index (χ1v) is 6.17. The first-order chi connectivity index (χ1) is 7.70. The third-order valence-corrected chi connectivity index (χ3v) is 3.83. The minimum Gasteiger partial charge on any atom is -0.481 e. The van der Waals surface area contributed by atoms with Gasteiger partial charge in [0.2, 0.25) is 0 Å². The predicted molar refractivity (Wildman–Crippen MR) is 65.5 cm³/mol. The molecule has 0 spiro atoms. The average Bonchev–Trinajstić information content (AvgIpc) is 2.29. The van der Waals surface area contributed by atoms with Crippen molar-refractivity contribution in [2.75, 3.05) is 13.1 Å². The predicted octanol–water partition coefficient (Wildman–Crippen LogP) is 2.23. The second-order valence-corrected chi connectivity index (χ2v) is 4.92. The molecule has 1 aliphatic rings. The Labute approximate surface area is 103 Å². The highest BCUT2D eigenvalue weighted by atomic mass is 79.9. The molecule has 1 aromatic carbocycles. The molecular formula is C12H14BrNO2. The van der Waals surface area contributed by atoms with Crippen LogP contribution < -0.4 is 5.32 Å². The molecule has 1 saturated heterocycles. The second-order valence-electron chi connectivity index (χ2n) is 4.07. The fourth-order valence-electron chi connectivity index (χ4n) is 2.27. The lowest BCUT2D eigenvalue weighted by atomic mass is 9.81. The summed E-state index contributed by atoms with van der Waals surface area (Å²) in [6, 6.07) is 7.89. The zero-order valence-corrected chi connectivity index (χ0v) is 10.4. The molecule has 0 aliphatic carbocycles. The standard InChI is InChI=1S/C12H14BrNO2/c13-11-4-2-1-3-9(11)8-5-6-14-7-10(8)12(15)16/h1-4,8,10,14H,5-7H2,(H,15,16). The van der Waals surface area contributed by atoms with Crippen LogP contribution in [0.4, 0.5) is 0 Å². The van der Waals surface area contributed by atoms with Crippen molar-refractivity contribution in [2.45, 2.75) is 12.3 Å². The minimum atomic E-state index is -0.715. The summed E-state index contributed by atoms with van der Waals surface area (Å²) >= 11 is 3.50. The molecule has 16 heavy (non-hydrogen) atoms. The fourth-order valence-corrected chi connectivity index (χ4v) is 2.84. The summed E-state index contributed by atoms with van der Waals surface area (Å²) in [7, 11) is 0. The molecule has 1 aromatic rings. The molecule has 1 aliphatic heterocycles. The van der Waals surface area contributed by atoms with Crippen LogP contribution in [0.5, 0.6) is 0 Å². The van der Waals surface area contributed by atoms with Crippen molar-refractivity contribution in [3.8, 4) is 0 Å². The van der Waals surface area contributed by atoms with Gasteiger partial charge < -0.3 is 10.4 Å². The largest absolute Gasteiger partial charge is 0.481 e. The second kappa shape index (κ2) is 4.97. The van der Waals surface area contributed by atoms with E-state index in [1.165, 1.54) is 0 Å². The van der Waals surface area contributed by atoms with Crippen molar-refractivity contribution in [3.05, 3.63) is 34.3 Å². The summed E-state index contributed by atoms with van der Waals surface area (Å²) in [5, 5.41) is 12.3. The van der Waals surface area contributed by atoms with E-state index in [0.29, 0.717) is 6.54 Å². The molecule has 86 valence electrons. The van der Waals surface area contributed by atoms with E-state index in [0.717, 1.165) is 23.0 Å². The zero-order valence-electron chi connectivity index (χ0n) is 8.82. The number of carboxylic acids is 1. The van der Waals surface area contributed by atoms with Crippen LogP contribution in [0, 0.1) is 5.92 Å². The number of carbonyl (C=O) groups is 1. The van der Waals surface area contributed by atoms with Gasteiger partial charge in [-0.2, -0.15) is 0 Å². The van der Waals surface area contributed by atoms with Crippen molar-refractivity contribution in [3.63, 3.8) is 0 Å². The highest BCUT2D eigenvalue weighted by Crippen LogP contribution is 2.34. The van der Waals surface area contributed by atoms with Crippen LogP contribution in [0.25, 0.3) is 0 Å². The van der Waals surface area contributed by atoms with Crippen LogP contribution >= 0.6 is 15.9 Å². The van der Waals surface area contributed by atoms with Gasteiger partial charge >= 0.3 is 5.97 Å². The quantitative estimate of drug-likeness (QED) is 0.875. The first-order valence-electron chi connectivity index (χ1n) is 5.38. The summed E-state index contributed by atoms with van der Waals surface area (Å²) < 4.78 is 1.01. The molecule has 2 atom stereocenters. The number of carboxylic acid groups (broad SMARTS) is 1. The van der Waals surface area contributed by atoms with E-state index in [1.807, 2.05) is 24.3 Å². The van der Waals surface area contributed by atoms with Gasteiger partial charge in [0.1, 0.15) is 0 Å². The Morgan fingerprint density at radius 1 is 1.44 bits per heavy atom. The molecule has 4 heteroatoms. The van der Waals surface area contributed by atoms with E-state index in [9.17, 15) is 9.90 Å². The average molecular weight is 284 g/mol. The molecule has 2 rings (SSSR count). The maximum absolute atomic E-state index is 11.2. The lowest BCUT2D eigenvalue weighted by Gasteiger charge is -2.30. The molecule has 2 N–H and O–H groups in total. The van der Waals surface area contributed by atoms with Crippen molar-refractivity contribution in [1.82, 2.24) is 5.32 Å². The van der Waals surface area contributed by atoms with E-state index < -0.39 is 5.97 Å². The van der Waals surface area contributed by atoms with Gasteiger partial charge in [-0.1, -0.05) is 34.1 Å². The third-order valence-electron chi connectivity index (χ3n) is 3.10. The summed E-state index contributed by atoms with van der Waals surface area (Å²) in [5.41, 5.74) is 1.11. The van der Waals surface area contributed by atoms with Gasteiger partial charge in [0, 0.05) is 16.9 Å². The smallest absolute Gasteiger partial charge is 0.308 e. The molecule has 0 radical (unpaired) electrons. The van der Waals surface area contributed by atoms with E-state index >= 15 is 0 Å². The maximum atomic E-state index is 11.2. The van der Waals surface area contributed by atoms with Crippen LogP contribution in [0.1, 0.15) is 17.9 Å². The molecule has 0 amide bonds. The Morgan fingerprint density at radius 3 is 2.88 bits per heavy atom. The molecule has 2 unspecified atom stereocenters. The van der Waals surface area contributed by atoms with Gasteiger partial charge in [0.05, 0.1) is 5.92 Å². The van der Waals surface area contributed by atoms with Gasteiger partial charge in [-0.25, -0.2) is 0 Å². The molecule has 1 heterocycles. The number of hydrogen-bond acceptors (Lipinski definition) is 2. The van der Waals surface area contributed by atoms with Crippen molar-refractivity contribution >= 4 is 21.9 Å². The number of aliphatic carboxylic acids is 1. The third kappa shape index (κ3) is 2.28. The summed E-state index contributed by atoms with van der Waals surface area (Å²) in [6.45, 7) is 1.44. The highest BCUT2D eigenvalue weighted by molar-refractivity contribution is 9.10. The molecule has 0 aromatic heterocycles. The van der Waals surface area contributed by atoms with Gasteiger partial charge in [-0.05, 0) is 24.6 Å². The Morgan fingerprint density at radius 2 is 2.19 bits per heavy atom. The Balaban J connectivity index is 2.30. The van der Waals surface area contributed by atoms with Crippen molar-refractivity contribution in [1.29, 1.82) is 0 Å². The van der Waals surface area contributed by atoms with E-state index in [1.54, 1.807) is 0 Å². The van der Waals surface area contributed by atoms with E-state index in [4.69, 9.17) is 0 Å². The first kappa shape index (κ1) is 11.6. The monoisotopic (exact) mass is 283 g/mol. The molecule has 0 bridgehead atoms. The summed E-state index contributed by atoms with van der Waals surface area (Å²) in [6.07, 6.45) is 0.875. The molecular weight excluding hydrogens is 270 g/mol. The van der Waals surface area contributed by atoms with Gasteiger partial charge in [0.15, 0.2) is 0 Å². The Bertz CT molecular complexity index is 394. The topological polar surface area (TPSA) is 49.3 Å². The molecule has 1 fully saturated rings. The SMILES string of the molecule is O=C(O)C1CNCCC1c1ccccc1Br. The molecule has 3 nitrogen and oxygen atoms in total. The van der Waals surface area contributed by atoms with Gasteiger partial charge in [-0.15, -0.1) is 0 Å². The van der Waals surface area contributed by atoms with Gasteiger partial charge in [-0.3, -0.25) is 4.79 Å². The van der Waals surface area contributed by atoms with Crippen molar-refractivity contribution < 1.29 is 9.90 Å². The Kier molecular flexibility index (Phi) is 3.61. The summed E-state index contributed by atoms with van der Waals surface area (Å²) in [4.78, 5) is 11.2. The minimum absolute atomic E-state index is 0.106. The summed E-state index contributed by atoms with van der Waals surface area (Å²) in [5.74, 6) is -0.935. The number of benzene rings is 1. The molecule has 0 saturated carbocycles. The van der Waals surface area contributed by atoms with Crippen LogP contribution in [-0.2, 0) is 4.79 Å². The van der Waals surface area contributed by atoms with E-state index in [-0.39, 0.29) is 11.8 Å². The number of rotatable bonds is 2. The van der Waals surface area contributed by atoms with Crippen LogP contribution in [0.2, 0.25) is 0 Å². The number of halogens is 1. The lowest BCUT2D eigenvalue weighted by Crippen LogP contribution is -2.39. The number of hydrogen-bond donors (Lipinski definition) is 2. The number of nitrogens with one attached hydrogen (secondary N) is 1. The fraction of sp³-hybridized carbons (Fsp3) is 0.417. The lowest BCUT2D eigenvalue weighted by molar-refractivity contribution is -0.142. The highest BCUT2D eigenvalue weighted by Gasteiger charge is 2.32. The number of piperidine rings is 1. The van der Waals surface area contributed by atoms with Crippen LogP contribution in [0.3, 0.4) is 0 Å². The van der Waals surface area contributed by atoms with Crippen molar-refractivity contribution in [2.24, 2.45) is 5.92 Å². The zero-order chi connectivity index (χ0) is 11.5. The van der Waals surface area contributed by atoms with Crippen LogP contribution in [0.15, 0.2) is 28.7 Å². The maximum Gasteiger partial charge on any atom is 0.308 e. The Hall–Kier alpha value is -0.870. The van der Waals surface area contributed by atoms with Gasteiger partial charge in [0.25, 0.3) is 0 Å². The van der Waals surface area contributed by atoms with E-state index in [2.05, 4.69) is 21.2 Å². The van der Waals surface area contributed by atoms with Crippen LogP contribution in [-0.4, -0.2) is 24.2 Å². The normalized spacial score (nSPS) is 25.3.